The average molecular weight is 489 g/mol. The van der Waals surface area contributed by atoms with Crippen LogP contribution in [0.25, 0.3) is 22.3 Å². The summed E-state index contributed by atoms with van der Waals surface area (Å²) in [5.74, 6) is 0.497. The number of aryl methyl sites for hydroxylation is 1. The standard InChI is InChI=1S/C25H23N5O6/c1-3-30-12-17(22(31)16-9-19-20(10-18(16)30)35-13-34-19)25(33)27-14(2)24(32)26-11-21-28-23(29-36-21)15-7-5-4-6-8-15/h4-10,12,14H,3,11,13H2,1-2H3,(H,26,32)(H,27,33). The van der Waals surface area contributed by atoms with E-state index in [1.54, 1.807) is 16.7 Å². The molecular weight excluding hydrogens is 466 g/mol. The fraction of sp³-hybridized carbons (Fsp3) is 0.240. The van der Waals surface area contributed by atoms with Crippen molar-refractivity contribution in [1.82, 2.24) is 25.3 Å². The van der Waals surface area contributed by atoms with Crippen LogP contribution < -0.4 is 25.5 Å². The highest BCUT2D eigenvalue weighted by Crippen LogP contribution is 2.35. The lowest BCUT2D eigenvalue weighted by molar-refractivity contribution is -0.122. The SMILES string of the molecule is CCn1cc(C(=O)NC(C)C(=O)NCc2nc(-c3ccccc3)no2)c(=O)c2cc3c(cc21)OCO3. The van der Waals surface area contributed by atoms with Crippen molar-refractivity contribution in [3.8, 4) is 22.9 Å². The maximum atomic E-state index is 13.1. The molecule has 1 aliphatic rings. The van der Waals surface area contributed by atoms with Crippen LogP contribution in [0.15, 0.2) is 58.0 Å². The highest BCUT2D eigenvalue weighted by atomic mass is 16.7. The lowest BCUT2D eigenvalue weighted by Gasteiger charge is -2.15. The number of pyridine rings is 1. The summed E-state index contributed by atoms with van der Waals surface area (Å²) in [7, 11) is 0. The number of fused-ring (bicyclic) bond motifs is 2. The van der Waals surface area contributed by atoms with E-state index >= 15 is 0 Å². The Hall–Kier alpha value is -4.67. The number of nitrogens with zero attached hydrogens (tertiary/aromatic N) is 3. The molecule has 5 rings (SSSR count). The molecular formula is C25H23N5O6. The van der Waals surface area contributed by atoms with Crippen LogP contribution in [0, 0.1) is 0 Å². The van der Waals surface area contributed by atoms with E-state index in [0.29, 0.717) is 34.8 Å². The zero-order chi connectivity index (χ0) is 25.2. The molecule has 0 saturated carbocycles. The molecule has 2 amide bonds. The Morgan fingerprint density at radius 3 is 2.64 bits per heavy atom. The van der Waals surface area contributed by atoms with Gasteiger partial charge in [-0.05, 0) is 19.9 Å². The fourth-order valence-corrected chi connectivity index (χ4v) is 3.89. The molecule has 0 aliphatic carbocycles. The Morgan fingerprint density at radius 1 is 1.14 bits per heavy atom. The largest absolute Gasteiger partial charge is 0.454 e. The first-order valence-corrected chi connectivity index (χ1v) is 11.4. The molecule has 3 heterocycles. The number of rotatable bonds is 7. The zero-order valence-electron chi connectivity index (χ0n) is 19.6. The van der Waals surface area contributed by atoms with Gasteiger partial charge in [0.15, 0.2) is 11.5 Å². The molecule has 1 aliphatic heterocycles. The molecule has 0 bridgehead atoms. The predicted octanol–water partition coefficient (Wildman–Crippen LogP) is 2.23. The Balaban J connectivity index is 1.27. The number of hydrogen-bond acceptors (Lipinski definition) is 8. The van der Waals surface area contributed by atoms with E-state index in [4.69, 9.17) is 14.0 Å². The molecule has 0 fully saturated rings. The minimum Gasteiger partial charge on any atom is -0.454 e. The van der Waals surface area contributed by atoms with Gasteiger partial charge in [0.25, 0.3) is 5.91 Å². The summed E-state index contributed by atoms with van der Waals surface area (Å²) in [6.07, 6.45) is 1.48. The molecule has 184 valence electrons. The number of carbonyl (C=O) groups is 2. The van der Waals surface area contributed by atoms with Gasteiger partial charge in [-0.15, -0.1) is 0 Å². The Kier molecular flexibility index (Phi) is 6.11. The van der Waals surface area contributed by atoms with Gasteiger partial charge in [-0.25, -0.2) is 0 Å². The van der Waals surface area contributed by atoms with Crippen molar-refractivity contribution >= 4 is 22.7 Å². The van der Waals surface area contributed by atoms with E-state index in [1.165, 1.54) is 13.1 Å². The third-order valence-corrected chi connectivity index (χ3v) is 5.81. The molecule has 2 N–H and O–H groups in total. The summed E-state index contributed by atoms with van der Waals surface area (Å²) in [6, 6.07) is 11.7. The molecule has 36 heavy (non-hydrogen) atoms. The third kappa shape index (κ3) is 4.38. The van der Waals surface area contributed by atoms with Crippen molar-refractivity contribution in [1.29, 1.82) is 0 Å². The van der Waals surface area contributed by atoms with Crippen LogP contribution in [0.1, 0.15) is 30.1 Å². The molecule has 0 radical (unpaired) electrons. The van der Waals surface area contributed by atoms with E-state index in [9.17, 15) is 14.4 Å². The van der Waals surface area contributed by atoms with Crippen LogP contribution in [0.3, 0.4) is 0 Å². The molecule has 1 atom stereocenters. The van der Waals surface area contributed by atoms with Crippen molar-refractivity contribution < 1.29 is 23.6 Å². The number of carbonyl (C=O) groups excluding carboxylic acids is 2. The second-order valence-electron chi connectivity index (χ2n) is 8.17. The predicted molar refractivity (Wildman–Crippen MR) is 129 cm³/mol. The summed E-state index contributed by atoms with van der Waals surface area (Å²) in [5, 5.41) is 9.48. The second kappa shape index (κ2) is 9.53. The maximum Gasteiger partial charge on any atom is 0.257 e. The highest BCUT2D eigenvalue weighted by molar-refractivity contribution is 6.00. The van der Waals surface area contributed by atoms with Gasteiger partial charge in [-0.1, -0.05) is 35.5 Å². The van der Waals surface area contributed by atoms with Gasteiger partial charge in [-0.2, -0.15) is 4.98 Å². The van der Waals surface area contributed by atoms with Gasteiger partial charge in [0.05, 0.1) is 17.4 Å². The van der Waals surface area contributed by atoms with Gasteiger partial charge in [0.2, 0.25) is 29.8 Å². The number of benzene rings is 2. The first-order chi connectivity index (χ1) is 17.4. The van der Waals surface area contributed by atoms with Crippen LogP contribution in [-0.4, -0.2) is 39.4 Å². The number of aromatic nitrogens is 3. The van der Waals surface area contributed by atoms with Gasteiger partial charge >= 0.3 is 0 Å². The topological polar surface area (TPSA) is 138 Å². The van der Waals surface area contributed by atoms with Crippen LogP contribution in [0.5, 0.6) is 11.5 Å². The number of amides is 2. The Morgan fingerprint density at radius 2 is 1.89 bits per heavy atom. The molecule has 0 saturated heterocycles. The summed E-state index contributed by atoms with van der Waals surface area (Å²) in [4.78, 5) is 42.9. The molecule has 11 nitrogen and oxygen atoms in total. The summed E-state index contributed by atoms with van der Waals surface area (Å²) in [5.41, 5.74) is 0.879. The van der Waals surface area contributed by atoms with E-state index in [2.05, 4.69) is 20.8 Å². The first-order valence-electron chi connectivity index (χ1n) is 11.4. The number of nitrogens with one attached hydrogen (secondary N) is 2. The number of hydrogen-bond donors (Lipinski definition) is 2. The van der Waals surface area contributed by atoms with Crippen molar-refractivity contribution in [2.75, 3.05) is 6.79 Å². The lowest BCUT2D eigenvalue weighted by Crippen LogP contribution is -2.45. The Bertz CT molecular complexity index is 1510. The van der Waals surface area contributed by atoms with Gasteiger partial charge in [0.1, 0.15) is 11.6 Å². The van der Waals surface area contributed by atoms with E-state index in [1.807, 2.05) is 37.3 Å². The minimum absolute atomic E-state index is 0.00925. The molecule has 1 unspecified atom stereocenters. The van der Waals surface area contributed by atoms with Crippen LogP contribution in [0.4, 0.5) is 0 Å². The number of ether oxygens (including phenoxy) is 2. The highest BCUT2D eigenvalue weighted by Gasteiger charge is 2.23. The average Bonchev–Trinajstić information content (AvgIpc) is 3.56. The van der Waals surface area contributed by atoms with Gasteiger partial charge in [-0.3, -0.25) is 14.4 Å². The fourth-order valence-electron chi connectivity index (χ4n) is 3.89. The van der Waals surface area contributed by atoms with E-state index in [-0.39, 0.29) is 24.8 Å². The zero-order valence-corrected chi connectivity index (χ0v) is 19.6. The molecule has 11 heteroatoms. The van der Waals surface area contributed by atoms with E-state index in [0.717, 1.165) is 5.56 Å². The van der Waals surface area contributed by atoms with Crippen LogP contribution >= 0.6 is 0 Å². The monoisotopic (exact) mass is 489 g/mol. The second-order valence-corrected chi connectivity index (χ2v) is 8.17. The van der Waals surface area contributed by atoms with Gasteiger partial charge in [0, 0.05) is 24.4 Å². The summed E-state index contributed by atoms with van der Waals surface area (Å²) < 4.78 is 17.7. The lowest BCUT2D eigenvalue weighted by atomic mass is 10.1. The van der Waals surface area contributed by atoms with Crippen molar-refractivity contribution in [3.05, 3.63) is 70.3 Å². The Labute approximate surface area is 205 Å². The normalized spacial score (nSPS) is 12.9. The van der Waals surface area contributed by atoms with Crippen LogP contribution in [-0.2, 0) is 17.9 Å². The maximum absolute atomic E-state index is 13.1. The summed E-state index contributed by atoms with van der Waals surface area (Å²) >= 11 is 0. The molecule has 4 aromatic rings. The van der Waals surface area contributed by atoms with Crippen molar-refractivity contribution in [3.63, 3.8) is 0 Å². The quantitative estimate of drug-likeness (QED) is 0.403. The smallest absolute Gasteiger partial charge is 0.257 e. The minimum atomic E-state index is -0.920. The van der Waals surface area contributed by atoms with E-state index < -0.39 is 23.3 Å². The molecule has 2 aromatic carbocycles. The first kappa shape index (κ1) is 23.1. The summed E-state index contributed by atoms with van der Waals surface area (Å²) in [6.45, 7) is 4.00. The molecule has 0 spiro atoms. The van der Waals surface area contributed by atoms with Crippen molar-refractivity contribution in [2.24, 2.45) is 0 Å². The molecule has 2 aromatic heterocycles. The van der Waals surface area contributed by atoms with Gasteiger partial charge < -0.3 is 29.2 Å². The third-order valence-electron chi connectivity index (χ3n) is 5.81. The van der Waals surface area contributed by atoms with Crippen molar-refractivity contribution in [2.45, 2.75) is 33.0 Å². The van der Waals surface area contributed by atoms with Crippen LogP contribution in [0.2, 0.25) is 0 Å².